The number of hydrogen-bond donors (Lipinski definition) is 1. The summed E-state index contributed by atoms with van der Waals surface area (Å²) in [6, 6.07) is -0.628. The summed E-state index contributed by atoms with van der Waals surface area (Å²) in [6.07, 6.45) is 4.69. The van der Waals surface area contributed by atoms with E-state index in [2.05, 4.69) is 12.2 Å². The summed E-state index contributed by atoms with van der Waals surface area (Å²) in [5.74, 6) is -0.467. The number of amides is 4. The summed E-state index contributed by atoms with van der Waals surface area (Å²) in [5, 5.41) is 2.75. The van der Waals surface area contributed by atoms with Crippen molar-refractivity contribution in [2.45, 2.75) is 45.1 Å². The smallest absolute Gasteiger partial charge is 0.327 e. The molecule has 4 amide bonds. The largest absolute Gasteiger partial charge is 0.355 e. The number of carbonyl (C=O) groups excluding carboxylic acids is 3. The van der Waals surface area contributed by atoms with E-state index in [9.17, 15) is 14.4 Å². The van der Waals surface area contributed by atoms with Crippen LogP contribution >= 0.6 is 0 Å². The molecule has 2 heterocycles. The molecule has 0 aliphatic carbocycles. The number of unbranched alkanes of at least 4 members (excludes halogenated alkanes) is 2. The Morgan fingerprint density at radius 1 is 1.37 bits per heavy atom. The van der Waals surface area contributed by atoms with Crippen molar-refractivity contribution < 1.29 is 14.4 Å². The van der Waals surface area contributed by atoms with Gasteiger partial charge < -0.3 is 10.2 Å². The Kier molecular flexibility index (Phi) is 4.39. The van der Waals surface area contributed by atoms with Gasteiger partial charge in [0.25, 0.3) is 5.91 Å². The molecule has 6 nitrogen and oxygen atoms in total. The van der Waals surface area contributed by atoms with E-state index in [0.717, 1.165) is 37.0 Å². The molecule has 2 aliphatic heterocycles. The zero-order valence-electron chi connectivity index (χ0n) is 11.4. The van der Waals surface area contributed by atoms with Crippen molar-refractivity contribution in [1.82, 2.24) is 15.1 Å². The molecule has 2 aliphatic rings. The van der Waals surface area contributed by atoms with Gasteiger partial charge in [0.05, 0.1) is 0 Å². The fraction of sp³-hybridized carbons (Fsp3) is 0.769. The van der Waals surface area contributed by atoms with Crippen LogP contribution in [0.25, 0.3) is 0 Å². The molecule has 0 aromatic rings. The second-order valence-electron chi connectivity index (χ2n) is 5.12. The third-order valence-corrected chi connectivity index (χ3v) is 3.68. The van der Waals surface area contributed by atoms with E-state index in [1.165, 1.54) is 0 Å². The van der Waals surface area contributed by atoms with Crippen LogP contribution in [0.3, 0.4) is 0 Å². The Bertz CT molecular complexity index is 361. The Morgan fingerprint density at radius 2 is 2.16 bits per heavy atom. The average Bonchev–Trinajstić information content (AvgIpc) is 2.95. The lowest BCUT2D eigenvalue weighted by Crippen LogP contribution is -2.42. The van der Waals surface area contributed by atoms with Gasteiger partial charge in [0, 0.05) is 13.1 Å². The highest BCUT2D eigenvalue weighted by molar-refractivity contribution is 6.06. The average molecular weight is 267 g/mol. The van der Waals surface area contributed by atoms with Gasteiger partial charge in [0.1, 0.15) is 12.6 Å². The molecule has 0 radical (unpaired) electrons. The van der Waals surface area contributed by atoms with Gasteiger partial charge in [-0.1, -0.05) is 19.8 Å². The van der Waals surface area contributed by atoms with Crippen LogP contribution in [0.15, 0.2) is 0 Å². The highest BCUT2D eigenvalue weighted by Crippen LogP contribution is 2.26. The van der Waals surface area contributed by atoms with Crippen molar-refractivity contribution in [1.29, 1.82) is 0 Å². The molecular weight excluding hydrogens is 246 g/mol. The summed E-state index contributed by atoms with van der Waals surface area (Å²) in [4.78, 5) is 38.3. The van der Waals surface area contributed by atoms with Crippen molar-refractivity contribution in [2.75, 3.05) is 19.6 Å². The summed E-state index contributed by atoms with van der Waals surface area (Å²) in [7, 11) is 0. The summed E-state index contributed by atoms with van der Waals surface area (Å²) < 4.78 is 0. The second kappa shape index (κ2) is 6.04. The van der Waals surface area contributed by atoms with Crippen LogP contribution in [-0.2, 0) is 9.59 Å². The van der Waals surface area contributed by atoms with Crippen LogP contribution in [0, 0.1) is 0 Å². The number of urea groups is 1. The standard InChI is InChI=1S/C13H21N3O3/c1-2-3-4-7-14-11(17)9-16-12(18)10-6-5-8-15(10)13(16)19/h10H,2-9H2,1H3,(H,14,17). The Morgan fingerprint density at radius 3 is 2.84 bits per heavy atom. The van der Waals surface area contributed by atoms with Gasteiger partial charge in [-0.25, -0.2) is 4.79 Å². The zero-order valence-corrected chi connectivity index (χ0v) is 11.4. The lowest BCUT2D eigenvalue weighted by atomic mass is 10.2. The number of nitrogens with zero attached hydrogens (tertiary/aromatic N) is 2. The third kappa shape index (κ3) is 2.88. The molecule has 2 saturated heterocycles. The zero-order chi connectivity index (χ0) is 13.8. The van der Waals surface area contributed by atoms with Gasteiger partial charge in [-0.2, -0.15) is 0 Å². The van der Waals surface area contributed by atoms with Crippen LogP contribution in [-0.4, -0.2) is 53.3 Å². The lowest BCUT2D eigenvalue weighted by Gasteiger charge is -2.15. The van der Waals surface area contributed by atoms with Gasteiger partial charge in [-0.15, -0.1) is 0 Å². The van der Waals surface area contributed by atoms with E-state index in [1.807, 2.05) is 0 Å². The van der Waals surface area contributed by atoms with Crippen molar-refractivity contribution in [3.05, 3.63) is 0 Å². The molecule has 1 N–H and O–H groups in total. The SMILES string of the molecule is CCCCCNC(=O)CN1C(=O)C2CCCN2C1=O. The summed E-state index contributed by atoms with van der Waals surface area (Å²) >= 11 is 0. The highest BCUT2D eigenvalue weighted by Gasteiger charge is 2.47. The second-order valence-corrected chi connectivity index (χ2v) is 5.12. The topological polar surface area (TPSA) is 69.7 Å². The summed E-state index contributed by atoms with van der Waals surface area (Å²) in [6.45, 7) is 3.19. The van der Waals surface area contributed by atoms with Crippen LogP contribution < -0.4 is 5.32 Å². The quantitative estimate of drug-likeness (QED) is 0.569. The molecule has 0 saturated carbocycles. The first-order valence-corrected chi connectivity index (χ1v) is 7.03. The number of rotatable bonds is 6. The third-order valence-electron chi connectivity index (χ3n) is 3.68. The normalized spacial score (nSPS) is 22.1. The van der Waals surface area contributed by atoms with Gasteiger partial charge >= 0.3 is 6.03 Å². The molecule has 0 bridgehead atoms. The predicted octanol–water partition coefficient (Wildman–Crippen LogP) is 0.719. The van der Waals surface area contributed by atoms with Crippen LogP contribution in [0.5, 0.6) is 0 Å². The molecule has 6 heteroatoms. The van der Waals surface area contributed by atoms with Gasteiger partial charge in [0.2, 0.25) is 5.91 Å². The number of carbonyl (C=O) groups is 3. The van der Waals surface area contributed by atoms with Crippen LogP contribution in [0.4, 0.5) is 4.79 Å². The molecule has 1 atom stereocenters. The Balaban J connectivity index is 1.81. The van der Waals surface area contributed by atoms with E-state index in [0.29, 0.717) is 13.1 Å². The first-order chi connectivity index (χ1) is 9.15. The molecule has 1 unspecified atom stereocenters. The fourth-order valence-electron chi connectivity index (χ4n) is 2.63. The van der Waals surface area contributed by atoms with Crippen LogP contribution in [0.1, 0.15) is 39.0 Å². The minimum absolute atomic E-state index is 0.142. The Hall–Kier alpha value is -1.59. The first-order valence-electron chi connectivity index (χ1n) is 7.03. The van der Waals surface area contributed by atoms with Crippen LogP contribution in [0.2, 0.25) is 0 Å². The molecular formula is C13H21N3O3. The number of hydrogen-bond acceptors (Lipinski definition) is 3. The fourth-order valence-corrected chi connectivity index (χ4v) is 2.63. The first kappa shape index (κ1) is 13.8. The molecule has 2 fully saturated rings. The van der Waals surface area contributed by atoms with Crippen molar-refractivity contribution in [3.8, 4) is 0 Å². The van der Waals surface area contributed by atoms with Crippen molar-refractivity contribution in [3.63, 3.8) is 0 Å². The minimum Gasteiger partial charge on any atom is -0.355 e. The number of imide groups is 1. The van der Waals surface area contributed by atoms with Gasteiger partial charge in [-0.05, 0) is 19.3 Å². The maximum atomic E-state index is 12.0. The number of nitrogens with one attached hydrogen (secondary N) is 1. The van der Waals surface area contributed by atoms with Gasteiger partial charge in [-0.3, -0.25) is 14.5 Å². The Labute approximate surface area is 113 Å². The van der Waals surface area contributed by atoms with E-state index >= 15 is 0 Å². The number of fused-ring (bicyclic) bond motifs is 1. The molecule has 19 heavy (non-hydrogen) atoms. The van der Waals surface area contributed by atoms with Crippen molar-refractivity contribution >= 4 is 17.8 Å². The maximum Gasteiger partial charge on any atom is 0.327 e. The summed E-state index contributed by atoms with van der Waals surface area (Å²) in [5.41, 5.74) is 0. The van der Waals surface area contributed by atoms with E-state index in [1.54, 1.807) is 4.90 Å². The minimum atomic E-state index is -0.319. The van der Waals surface area contributed by atoms with E-state index < -0.39 is 0 Å². The maximum absolute atomic E-state index is 12.0. The monoisotopic (exact) mass is 267 g/mol. The molecule has 0 spiro atoms. The highest BCUT2D eigenvalue weighted by atomic mass is 16.2. The predicted molar refractivity (Wildman–Crippen MR) is 69.4 cm³/mol. The van der Waals surface area contributed by atoms with Gasteiger partial charge in [0.15, 0.2) is 0 Å². The molecule has 2 rings (SSSR count). The molecule has 0 aromatic heterocycles. The van der Waals surface area contributed by atoms with E-state index in [-0.39, 0.29) is 30.4 Å². The molecule has 0 aromatic carbocycles. The molecule has 106 valence electrons. The van der Waals surface area contributed by atoms with Crippen molar-refractivity contribution in [2.24, 2.45) is 0 Å². The van der Waals surface area contributed by atoms with E-state index in [4.69, 9.17) is 0 Å². The lowest BCUT2D eigenvalue weighted by molar-refractivity contribution is -0.132.